The van der Waals surface area contributed by atoms with Gasteiger partial charge in [-0.3, -0.25) is 0 Å². The number of hydrogen-bond acceptors (Lipinski definition) is 0. The fourth-order valence-electron chi connectivity index (χ4n) is 0. The molecule has 0 saturated heterocycles. The molecule has 0 N–H and O–H groups in total. The molecule has 0 fully saturated rings. The van der Waals surface area contributed by atoms with Crippen LogP contribution in [0.4, 0.5) is 0 Å². The molecule has 0 aliphatic rings. The van der Waals surface area contributed by atoms with E-state index in [-0.39, 0.29) is 39.9 Å². The second-order valence-corrected chi connectivity index (χ2v) is 39.9. The number of hydrogen-bond donors (Lipinski definition) is 0. The van der Waals surface area contributed by atoms with Gasteiger partial charge in [0, 0.05) is 0 Å². The first kappa shape index (κ1) is 10.2. The van der Waals surface area contributed by atoms with Crippen molar-refractivity contribution in [2.45, 2.75) is 0 Å². The van der Waals surface area contributed by atoms with Crippen LogP contribution in [-0.2, 0) is 15.9 Å². The van der Waals surface area contributed by atoms with Crippen LogP contribution >= 0.6 is 59.3 Å². The van der Waals surface area contributed by atoms with Gasteiger partial charge in [-0.1, -0.05) is 0 Å². The van der Waals surface area contributed by atoms with Gasteiger partial charge in [-0.15, -0.1) is 24.0 Å². The van der Waals surface area contributed by atoms with E-state index >= 15 is 0 Å². The SMILES string of the molecule is I.[I][Hg][I]. The van der Waals surface area contributed by atoms with Gasteiger partial charge < -0.3 is 0 Å². The first-order valence-electron chi connectivity index (χ1n) is 0.535. The molecule has 0 unspecified atom stereocenters. The van der Waals surface area contributed by atoms with E-state index in [1.807, 2.05) is 0 Å². The van der Waals surface area contributed by atoms with Crippen molar-refractivity contribution < 1.29 is 15.9 Å². The zero-order valence-electron chi connectivity index (χ0n) is 1.87. The molecule has 0 heterocycles. The van der Waals surface area contributed by atoms with Crippen molar-refractivity contribution in [2.75, 3.05) is 0 Å². The first-order valence-corrected chi connectivity index (χ1v) is 31.5. The van der Waals surface area contributed by atoms with E-state index in [1.165, 1.54) is 0 Å². The third-order valence-corrected chi connectivity index (χ3v) is 0. The van der Waals surface area contributed by atoms with Gasteiger partial charge in [-0.25, -0.2) is 0 Å². The van der Waals surface area contributed by atoms with Crippen LogP contribution in [0.15, 0.2) is 0 Å². The average molecular weight is 582 g/mol. The molecule has 0 nitrogen and oxygen atoms in total. The Morgan fingerprint density at radius 2 is 1.25 bits per heavy atom. The van der Waals surface area contributed by atoms with E-state index in [0.717, 1.165) is 0 Å². The van der Waals surface area contributed by atoms with Crippen LogP contribution in [0.3, 0.4) is 0 Å². The Labute approximate surface area is 73.1 Å². The van der Waals surface area contributed by atoms with Crippen LogP contribution in [0.2, 0.25) is 0 Å². The summed E-state index contributed by atoms with van der Waals surface area (Å²) >= 11 is 4.85. The Bertz CT molecular complexity index is 3.25. The molecule has 0 saturated carbocycles. The van der Waals surface area contributed by atoms with E-state index in [2.05, 4.69) is 35.3 Å². The molecule has 0 rings (SSSR count). The van der Waals surface area contributed by atoms with Crippen molar-refractivity contribution in [3.05, 3.63) is 0 Å². The third kappa shape index (κ3) is 8.93. The maximum atomic E-state index is 2.50. The van der Waals surface area contributed by atoms with Crippen molar-refractivity contribution in [1.29, 1.82) is 0 Å². The molecule has 0 spiro atoms. The molecule has 0 aliphatic carbocycles. The molecule has 0 aromatic carbocycles. The minimum absolute atomic E-state index is 0. The van der Waals surface area contributed by atoms with Gasteiger partial charge in [0.15, 0.2) is 0 Å². The predicted octanol–water partition coefficient (Wildman–Crippen LogP) is 2.39. The Morgan fingerprint density at radius 1 is 1.25 bits per heavy atom. The quantitative estimate of drug-likeness (QED) is 0.304. The molecular weight excluding hydrogens is 581 g/mol. The fourth-order valence-corrected chi connectivity index (χ4v) is 0. The summed E-state index contributed by atoms with van der Waals surface area (Å²) in [5.41, 5.74) is 0. The van der Waals surface area contributed by atoms with Crippen molar-refractivity contribution in [3.63, 3.8) is 0 Å². The van der Waals surface area contributed by atoms with Crippen LogP contribution in [0.25, 0.3) is 0 Å². The summed E-state index contributed by atoms with van der Waals surface area (Å²) in [5.74, 6) is 0. The van der Waals surface area contributed by atoms with Crippen LogP contribution in [0.5, 0.6) is 0 Å². The second kappa shape index (κ2) is 9.45. The van der Waals surface area contributed by atoms with E-state index < -0.39 is 0 Å². The van der Waals surface area contributed by atoms with Crippen molar-refractivity contribution >= 4 is 59.3 Å². The van der Waals surface area contributed by atoms with E-state index in [0.29, 0.717) is 0 Å². The van der Waals surface area contributed by atoms with Gasteiger partial charge in [0.05, 0.1) is 0 Å². The van der Waals surface area contributed by atoms with Crippen LogP contribution in [0.1, 0.15) is 0 Å². The van der Waals surface area contributed by atoms with Crippen molar-refractivity contribution in [3.8, 4) is 0 Å². The Kier molecular flexibility index (Phi) is 24.1. The second-order valence-electron chi connectivity index (χ2n) is 0.101. The van der Waals surface area contributed by atoms with Gasteiger partial charge in [-0.05, 0) is 0 Å². The predicted molar refractivity (Wildman–Crippen MR) is 43.5 cm³/mol. The molecule has 0 aromatic heterocycles. The fraction of sp³-hybridized carbons (Fsp3) is 0. The molecule has 4 heteroatoms. The molecule has 24 valence electrons. The van der Waals surface area contributed by atoms with Gasteiger partial charge in [0.1, 0.15) is 0 Å². The monoisotopic (exact) mass is 584 g/mol. The maximum absolute atomic E-state index is 2.50. The van der Waals surface area contributed by atoms with Gasteiger partial charge in [0.25, 0.3) is 0 Å². The molecule has 0 aromatic rings. The molecular formula is HHgI3. The summed E-state index contributed by atoms with van der Waals surface area (Å²) in [5, 5.41) is 0. The summed E-state index contributed by atoms with van der Waals surface area (Å²) in [4.78, 5) is 0. The summed E-state index contributed by atoms with van der Waals surface area (Å²) < 4.78 is 0. The van der Waals surface area contributed by atoms with Gasteiger partial charge >= 0.3 is 51.2 Å². The standard InChI is InChI=1S/Hg.3HI/h;3*1H/q+2;;;/p-2. The third-order valence-electron chi connectivity index (χ3n) is 0. The zero-order valence-corrected chi connectivity index (χ0v) is 14.0. The molecule has 0 aliphatic heterocycles. The molecule has 0 amide bonds. The van der Waals surface area contributed by atoms with Crippen LogP contribution in [-0.4, -0.2) is 0 Å². The van der Waals surface area contributed by atoms with Gasteiger partial charge in [-0.2, -0.15) is 0 Å². The molecule has 4 heavy (non-hydrogen) atoms. The Hall–Kier alpha value is 3.13. The van der Waals surface area contributed by atoms with Gasteiger partial charge in [0.2, 0.25) is 0 Å². The average Bonchev–Trinajstić information content (AvgIpc) is 0.918. The zero-order chi connectivity index (χ0) is 2.71. The van der Waals surface area contributed by atoms with E-state index in [4.69, 9.17) is 0 Å². The summed E-state index contributed by atoms with van der Waals surface area (Å²) in [6, 6.07) is 0. The summed E-state index contributed by atoms with van der Waals surface area (Å²) in [6.45, 7) is 0. The van der Waals surface area contributed by atoms with Crippen molar-refractivity contribution in [1.82, 2.24) is 0 Å². The Balaban J connectivity index is 0. The van der Waals surface area contributed by atoms with Crippen LogP contribution in [0, 0.1) is 0 Å². The van der Waals surface area contributed by atoms with Crippen LogP contribution < -0.4 is 0 Å². The van der Waals surface area contributed by atoms with E-state index in [9.17, 15) is 0 Å². The minimum atomic E-state index is -0.143. The number of halogens is 3. The first-order chi connectivity index (χ1) is 1.41. The molecule has 0 atom stereocenters. The topological polar surface area (TPSA) is 0 Å². The molecule has 0 bridgehead atoms. The van der Waals surface area contributed by atoms with Crippen molar-refractivity contribution in [2.24, 2.45) is 0 Å². The Morgan fingerprint density at radius 3 is 1.25 bits per heavy atom. The molecule has 0 radical (unpaired) electrons. The number of rotatable bonds is 0. The van der Waals surface area contributed by atoms with E-state index in [1.54, 1.807) is 0 Å². The normalized spacial score (nSPS) is 2.50. The summed E-state index contributed by atoms with van der Waals surface area (Å²) in [6.07, 6.45) is 0. The summed E-state index contributed by atoms with van der Waals surface area (Å²) in [7, 11) is 0.